The molecule has 0 bridgehead atoms. The molecule has 1 saturated carbocycles. The van der Waals surface area contributed by atoms with E-state index in [-0.39, 0.29) is 48.0 Å². The number of hydrogen-bond acceptors (Lipinski definition) is 5. The van der Waals surface area contributed by atoms with Crippen molar-refractivity contribution in [2.24, 2.45) is 5.92 Å². The third kappa shape index (κ3) is 4.43. The number of hydrogen-bond donors (Lipinski definition) is 1. The van der Waals surface area contributed by atoms with Crippen LogP contribution in [0.25, 0.3) is 0 Å². The van der Waals surface area contributed by atoms with Gasteiger partial charge in [0.15, 0.2) is 0 Å². The molecule has 190 valence electrons. The summed E-state index contributed by atoms with van der Waals surface area (Å²) in [5.74, 6) is 2.36. The molecule has 6 nitrogen and oxygen atoms in total. The number of ketones is 1. The molecule has 3 heterocycles. The van der Waals surface area contributed by atoms with E-state index >= 15 is 0 Å². The van der Waals surface area contributed by atoms with E-state index < -0.39 is 11.7 Å². The van der Waals surface area contributed by atoms with E-state index in [1.54, 1.807) is 18.3 Å². The molecule has 6 rings (SSSR count). The highest BCUT2D eigenvalue weighted by molar-refractivity contribution is 5.93. The van der Waals surface area contributed by atoms with E-state index in [9.17, 15) is 22.8 Å². The van der Waals surface area contributed by atoms with Crippen molar-refractivity contribution in [2.75, 3.05) is 5.32 Å². The SMILES string of the molecule is Cc1ccc(CC(=O)C[C@@H]2[C@H]3Oc4ccc(Oc5ccnc6c5CCC(=O)N6)cc4[C@@H]23)cc1C(F)(F)F. The van der Waals surface area contributed by atoms with Crippen LogP contribution in [0.15, 0.2) is 48.7 Å². The van der Waals surface area contributed by atoms with Crippen LogP contribution in [0.1, 0.15) is 46.6 Å². The van der Waals surface area contributed by atoms with Gasteiger partial charge in [0, 0.05) is 48.4 Å². The van der Waals surface area contributed by atoms with Crippen molar-refractivity contribution in [3.8, 4) is 17.2 Å². The molecule has 1 N–H and O–H groups in total. The third-order valence-electron chi connectivity index (χ3n) is 7.27. The topological polar surface area (TPSA) is 77.5 Å². The molecule has 0 spiro atoms. The monoisotopic (exact) mass is 508 g/mol. The minimum absolute atomic E-state index is 0.00770. The lowest BCUT2D eigenvalue weighted by Gasteiger charge is -2.19. The quantitative estimate of drug-likeness (QED) is 0.458. The summed E-state index contributed by atoms with van der Waals surface area (Å²) in [5.41, 5.74) is 1.61. The Bertz CT molecular complexity index is 1440. The van der Waals surface area contributed by atoms with Gasteiger partial charge in [-0.2, -0.15) is 13.2 Å². The molecule has 37 heavy (non-hydrogen) atoms. The number of amides is 1. The van der Waals surface area contributed by atoms with Gasteiger partial charge in [0.1, 0.15) is 35.0 Å². The Morgan fingerprint density at radius 2 is 2.00 bits per heavy atom. The van der Waals surface area contributed by atoms with Gasteiger partial charge in [0.2, 0.25) is 5.91 Å². The number of aryl methyl sites for hydroxylation is 1. The van der Waals surface area contributed by atoms with Crippen molar-refractivity contribution in [3.05, 3.63) is 76.5 Å². The van der Waals surface area contributed by atoms with Crippen LogP contribution in [0, 0.1) is 12.8 Å². The van der Waals surface area contributed by atoms with Gasteiger partial charge < -0.3 is 14.8 Å². The highest BCUT2D eigenvalue weighted by Gasteiger charge is 2.59. The molecule has 2 aromatic carbocycles. The molecule has 3 aliphatic rings. The number of rotatable bonds is 6. The number of pyridine rings is 1. The summed E-state index contributed by atoms with van der Waals surface area (Å²) in [6.45, 7) is 1.41. The van der Waals surface area contributed by atoms with Gasteiger partial charge in [0.05, 0.1) is 5.56 Å². The molecule has 0 unspecified atom stereocenters. The summed E-state index contributed by atoms with van der Waals surface area (Å²) >= 11 is 0. The molecule has 1 aromatic heterocycles. The first kappa shape index (κ1) is 23.5. The molecular formula is C28H23F3N2O4. The first-order valence-electron chi connectivity index (χ1n) is 12.1. The first-order chi connectivity index (χ1) is 17.7. The predicted molar refractivity (Wildman–Crippen MR) is 128 cm³/mol. The maximum absolute atomic E-state index is 13.2. The van der Waals surface area contributed by atoms with Gasteiger partial charge in [-0.15, -0.1) is 0 Å². The van der Waals surface area contributed by atoms with Gasteiger partial charge in [-0.1, -0.05) is 12.1 Å². The molecule has 2 aliphatic heterocycles. The molecule has 1 fully saturated rings. The lowest BCUT2D eigenvalue weighted by atomic mass is 9.98. The van der Waals surface area contributed by atoms with Crippen LogP contribution in [0.4, 0.5) is 19.0 Å². The summed E-state index contributed by atoms with van der Waals surface area (Å²) in [7, 11) is 0. The fraction of sp³-hybridized carbons (Fsp3) is 0.321. The van der Waals surface area contributed by atoms with Crippen molar-refractivity contribution in [1.82, 2.24) is 4.98 Å². The van der Waals surface area contributed by atoms with Gasteiger partial charge >= 0.3 is 6.18 Å². The van der Waals surface area contributed by atoms with Gasteiger partial charge in [-0.3, -0.25) is 9.59 Å². The van der Waals surface area contributed by atoms with E-state index in [0.29, 0.717) is 35.7 Å². The van der Waals surface area contributed by atoms with E-state index in [4.69, 9.17) is 9.47 Å². The normalized spacial score (nSPS) is 21.3. The maximum Gasteiger partial charge on any atom is 0.416 e. The summed E-state index contributed by atoms with van der Waals surface area (Å²) in [6.07, 6.45) is -1.86. The average molecular weight is 508 g/mol. The van der Waals surface area contributed by atoms with Crippen LogP contribution in [0.5, 0.6) is 17.2 Å². The van der Waals surface area contributed by atoms with E-state index in [1.165, 1.54) is 13.0 Å². The van der Waals surface area contributed by atoms with Crippen LogP contribution in [0.2, 0.25) is 0 Å². The van der Waals surface area contributed by atoms with E-state index in [2.05, 4.69) is 10.3 Å². The Labute approximate surface area is 210 Å². The van der Waals surface area contributed by atoms with Crippen LogP contribution < -0.4 is 14.8 Å². The molecule has 3 aromatic rings. The predicted octanol–water partition coefficient (Wildman–Crippen LogP) is 5.76. The van der Waals surface area contributed by atoms with Gasteiger partial charge in [0.25, 0.3) is 0 Å². The van der Waals surface area contributed by atoms with Gasteiger partial charge in [-0.05, 0) is 54.8 Å². The molecule has 0 radical (unpaired) electrons. The fourth-order valence-electron chi connectivity index (χ4n) is 5.39. The zero-order valence-electron chi connectivity index (χ0n) is 19.9. The number of benzene rings is 2. The van der Waals surface area contributed by atoms with Crippen molar-refractivity contribution in [3.63, 3.8) is 0 Å². The second kappa shape index (κ2) is 8.61. The molecular weight excluding hydrogens is 485 g/mol. The Balaban J connectivity index is 1.13. The Hall–Kier alpha value is -3.88. The van der Waals surface area contributed by atoms with Crippen LogP contribution in [-0.4, -0.2) is 22.8 Å². The van der Waals surface area contributed by atoms with Crippen LogP contribution >= 0.6 is 0 Å². The number of nitrogens with one attached hydrogen (secondary N) is 1. The standard InChI is InChI=1S/C28H23F3N2O4/c1-14-2-3-15(11-21(14)28(29,30)31)10-16(34)12-20-25-19-13-17(4-6-22(19)37-26(20)25)36-23-8-9-32-27-18(23)5-7-24(35)33-27/h2-4,6,8-9,11,13,20,25-26H,5,7,10,12H2,1H3,(H,32,33,35)/t20-,25-,26+/m0/s1. The smallest absolute Gasteiger partial charge is 0.416 e. The van der Waals surface area contributed by atoms with E-state index in [1.807, 2.05) is 18.2 Å². The number of carbonyl (C=O) groups excluding carboxylic acids is 2. The number of anilines is 1. The highest BCUT2D eigenvalue weighted by atomic mass is 19.4. The molecule has 9 heteroatoms. The van der Waals surface area contributed by atoms with Crippen molar-refractivity contribution in [2.45, 2.75) is 50.8 Å². The molecule has 3 atom stereocenters. The number of fused-ring (bicyclic) bond motifs is 4. The third-order valence-corrected chi connectivity index (χ3v) is 7.27. The second-order valence-corrected chi connectivity index (χ2v) is 9.82. The molecule has 0 saturated heterocycles. The zero-order chi connectivity index (χ0) is 25.9. The molecule has 1 aliphatic carbocycles. The molecule has 1 amide bonds. The maximum atomic E-state index is 13.2. The number of ether oxygens (including phenoxy) is 2. The number of alkyl halides is 3. The minimum atomic E-state index is -4.45. The summed E-state index contributed by atoms with van der Waals surface area (Å²) in [4.78, 5) is 28.6. The second-order valence-electron chi connectivity index (χ2n) is 9.82. The number of nitrogens with zero attached hydrogens (tertiary/aromatic N) is 1. The Morgan fingerprint density at radius 1 is 1.16 bits per heavy atom. The fourth-order valence-corrected chi connectivity index (χ4v) is 5.39. The number of Topliss-reactive ketones (excluding diaryl/α,β-unsaturated/α-hetero) is 1. The van der Waals surface area contributed by atoms with E-state index in [0.717, 1.165) is 22.9 Å². The Kier molecular flexibility index (Phi) is 5.47. The van der Waals surface area contributed by atoms with Crippen molar-refractivity contribution >= 4 is 17.5 Å². The van der Waals surface area contributed by atoms with Crippen molar-refractivity contribution in [1.29, 1.82) is 0 Å². The van der Waals surface area contributed by atoms with Crippen LogP contribution in [0.3, 0.4) is 0 Å². The average Bonchev–Trinajstić information content (AvgIpc) is 3.35. The summed E-state index contributed by atoms with van der Waals surface area (Å²) in [6, 6.07) is 11.4. The minimum Gasteiger partial charge on any atom is -0.489 e. The number of carbonyl (C=O) groups is 2. The highest BCUT2D eigenvalue weighted by Crippen LogP contribution is 2.60. The lowest BCUT2D eigenvalue weighted by molar-refractivity contribution is -0.138. The Morgan fingerprint density at radius 3 is 2.81 bits per heavy atom. The zero-order valence-corrected chi connectivity index (χ0v) is 19.9. The van der Waals surface area contributed by atoms with Crippen LogP contribution in [-0.2, 0) is 28.6 Å². The lowest BCUT2D eigenvalue weighted by Crippen LogP contribution is -2.20. The van der Waals surface area contributed by atoms with Gasteiger partial charge in [-0.25, -0.2) is 4.98 Å². The summed E-state index contributed by atoms with van der Waals surface area (Å²) < 4.78 is 51.8. The van der Waals surface area contributed by atoms with Crippen molar-refractivity contribution < 1.29 is 32.2 Å². The first-order valence-corrected chi connectivity index (χ1v) is 12.1. The number of halogens is 3. The largest absolute Gasteiger partial charge is 0.489 e. The summed E-state index contributed by atoms with van der Waals surface area (Å²) in [5, 5.41) is 2.76. The number of aromatic nitrogens is 1.